The van der Waals surface area contributed by atoms with Crippen LogP contribution in [0.4, 0.5) is 0 Å². The van der Waals surface area contributed by atoms with Crippen molar-refractivity contribution >= 4 is 31.9 Å². The number of rotatable bonds is 3. The van der Waals surface area contributed by atoms with Gasteiger partial charge in [0.15, 0.2) is 0 Å². The van der Waals surface area contributed by atoms with Crippen LogP contribution in [0.2, 0.25) is 0 Å². The van der Waals surface area contributed by atoms with Crippen LogP contribution in [0, 0.1) is 0 Å². The minimum Gasteiger partial charge on any atom is -0.474 e. The van der Waals surface area contributed by atoms with Crippen LogP contribution < -0.4 is 4.74 Å². The third-order valence-electron chi connectivity index (χ3n) is 1.10. The van der Waals surface area contributed by atoms with E-state index in [0.29, 0.717) is 5.88 Å². The molecule has 0 aromatic carbocycles. The summed E-state index contributed by atoms with van der Waals surface area (Å²) >= 11 is 6.55. The number of pyridine rings is 1. The van der Waals surface area contributed by atoms with Crippen molar-refractivity contribution in [2.75, 3.05) is 13.2 Å². The molecule has 0 saturated heterocycles. The maximum absolute atomic E-state index is 8.50. The molecule has 0 spiro atoms. The minimum absolute atomic E-state index is 0.00974. The van der Waals surface area contributed by atoms with E-state index in [2.05, 4.69) is 36.8 Å². The Morgan fingerprint density at radius 3 is 2.83 bits per heavy atom. The maximum Gasteiger partial charge on any atom is 0.228 e. The molecule has 1 aromatic heterocycles. The molecule has 0 radical (unpaired) electrons. The van der Waals surface area contributed by atoms with Crippen molar-refractivity contribution in [2.45, 2.75) is 0 Å². The second-order valence-corrected chi connectivity index (χ2v) is 3.78. The lowest BCUT2D eigenvalue weighted by Gasteiger charge is -2.04. The van der Waals surface area contributed by atoms with Crippen LogP contribution in [-0.2, 0) is 0 Å². The number of aliphatic hydroxyl groups excluding tert-OH is 1. The highest BCUT2D eigenvalue weighted by Crippen LogP contribution is 2.24. The number of halogens is 2. The molecule has 0 saturated carbocycles. The molecular weight excluding hydrogens is 290 g/mol. The molecule has 0 unspecified atom stereocenters. The number of aliphatic hydroxyl groups is 1. The van der Waals surface area contributed by atoms with Gasteiger partial charge in [-0.05, 0) is 37.9 Å². The van der Waals surface area contributed by atoms with Gasteiger partial charge in [-0.1, -0.05) is 0 Å². The highest BCUT2D eigenvalue weighted by Gasteiger charge is 2.01. The zero-order valence-corrected chi connectivity index (χ0v) is 9.30. The van der Waals surface area contributed by atoms with E-state index in [1.807, 2.05) is 6.07 Å². The van der Waals surface area contributed by atoms with Gasteiger partial charge in [-0.2, -0.15) is 0 Å². The molecule has 3 nitrogen and oxygen atoms in total. The summed E-state index contributed by atoms with van der Waals surface area (Å²) in [6, 6.07) is 1.83. The van der Waals surface area contributed by atoms with Gasteiger partial charge in [0, 0.05) is 10.7 Å². The van der Waals surface area contributed by atoms with Crippen LogP contribution >= 0.6 is 31.9 Å². The van der Waals surface area contributed by atoms with Crippen LogP contribution in [0.3, 0.4) is 0 Å². The van der Waals surface area contributed by atoms with Crippen molar-refractivity contribution in [2.24, 2.45) is 0 Å². The fraction of sp³-hybridized carbons (Fsp3) is 0.286. The first-order valence-electron chi connectivity index (χ1n) is 3.28. The summed E-state index contributed by atoms with van der Waals surface area (Å²) in [5.74, 6) is 0.493. The van der Waals surface area contributed by atoms with Gasteiger partial charge in [0.1, 0.15) is 6.61 Å². The number of aromatic nitrogens is 1. The van der Waals surface area contributed by atoms with Crippen LogP contribution in [0.1, 0.15) is 0 Å². The predicted molar refractivity (Wildman–Crippen MR) is 52.2 cm³/mol. The smallest absolute Gasteiger partial charge is 0.228 e. The van der Waals surface area contributed by atoms with Crippen molar-refractivity contribution in [3.63, 3.8) is 0 Å². The van der Waals surface area contributed by atoms with Gasteiger partial charge in [0.05, 0.1) is 11.1 Å². The van der Waals surface area contributed by atoms with Crippen molar-refractivity contribution in [1.82, 2.24) is 4.98 Å². The first kappa shape index (κ1) is 9.95. The molecule has 1 aromatic rings. The van der Waals surface area contributed by atoms with Crippen LogP contribution in [0.15, 0.2) is 21.2 Å². The van der Waals surface area contributed by atoms with E-state index >= 15 is 0 Å². The topological polar surface area (TPSA) is 42.4 Å². The van der Waals surface area contributed by atoms with Gasteiger partial charge < -0.3 is 9.84 Å². The van der Waals surface area contributed by atoms with E-state index in [0.717, 1.165) is 8.95 Å². The molecule has 0 aliphatic rings. The Bertz CT molecular complexity index is 268. The van der Waals surface area contributed by atoms with Crippen LogP contribution in [0.5, 0.6) is 5.88 Å². The van der Waals surface area contributed by atoms with E-state index in [4.69, 9.17) is 9.84 Å². The standard InChI is InChI=1S/C7H7Br2NO2/c8-5-3-6(9)7(10-4-5)12-2-1-11/h3-4,11H,1-2H2. The molecule has 1 N–H and O–H groups in total. The second-order valence-electron chi connectivity index (χ2n) is 2.01. The zero-order valence-electron chi connectivity index (χ0n) is 6.13. The largest absolute Gasteiger partial charge is 0.474 e. The molecule has 66 valence electrons. The predicted octanol–water partition coefficient (Wildman–Crippen LogP) is 1.98. The first-order valence-corrected chi connectivity index (χ1v) is 4.87. The van der Waals surface area contributed by atoms with Crippen molar-refractivity contribution < 1.29 is 9.84 Å². The van der Waals surface area contributed by atoms with E-state index in [1.54, 1.807) is 6.20 Å². The Kier molecular flexibility index (Phi) is 3.97. The Morgan fingerprint density at radius 1 is 1.50 bits per heavy atom. The Hall–Kier alpha value is -0.130. The highest BCUT2D eigenvalue weighted by atomic mass is 79.9. The van der Waals surface area contributed by atoms with Gasteiger partial charge in [0.2, 0.25) is 5.88 Å². The molecule has 1 heterocycles. The van der Waals surface area contributed by atoms with E-state index in [-0.39, 0.29) is 13.2 Å². The molecule has 5 heteroatoms. The normalized spacial score (nSPS) is 9.92. The molecule has 0 bridgehead atoms. The van der Waals surface area contributed by atoms with E-state index in [1.165, 1.54) is 0 Å². The van der Waals surface area contributed by atoms with Crippen molar-refractivity contribution in [1.29, 1.82) is 0 Å². The Labute approximate surface area is 87.0 Å². The molecule has 1 rings (SSSR count). The number of ether oxygens (including phenoxy) is 1. The molecule has 0 aliphatic heterocycles. The average molecular weight is 297 g/mol. The van der Waals surface area contributed by atoms with Gasteiger partial charge >= 0.3 is 0 Å². The van der Waals surface area contributed by atoms with Crippen LogP contribution in [-0.4, -0.2) is 23.3 Å². The summed E-state index contributed by atoms with van der Waals surface area (Å²) in [4.78, 5) is 3.99. The fourth-order valence-corrected chi connectivity index (χ4v) is 1.75. The molecule has 0 atom stereocenters. The van der Waals surface area contributed by atoms with Gasteiger partial charge in [-0.25, -0.2) is 4.98 Å². The lowest BCUT2D eigenvalue weighted by Crippen LogP contribution is -2.03. The fourth-order valence-electron chi connectivity index (χ4n) is 0.651. The number of hydrogen-bond acceptors (Lipinski definition) is 3. The first-order chi connectivity index (χ1) is 5.74. The van der Waals surface area contributed by atoms with E-state index in [9.17, 15) is 0 Å². The third kappa shape index (κ3) is 2.73. The summed E-state index contributed by atoms with van der Waals surface area (Å²) in [5.41, 5.74) is 0. The SMILES string of the molecule is OCCOc1ncc(Br)cc1Br. The summed E-state index contributed by atoms with van der Waals surface area (Å²) in [6.45, 7) is 0.247. The van der Waals surface area contributed by atoms with E-state index < -0.39 is 0 Å². The lowest BCUT2D eigenvalue weighted by molar-refractivity contribution is 0.196. The Balaban J connectivity index is 2.72. The Morgan fingerprint density at radius 2 is 2.25 bits per heavy atom. The highest BCUT2D eigenvalue weighted by molar-refractivity contribution is 9.11. The van der Waals surface area contributed by atoms with Gasteiger partial charge in [0.25, 0.3) is 0 Å². The maximum atomic E-state index is 8.50. The average Bonchev–Trinajstić information content (AvgIpc) is 2.03. The summed E-state index contributed by atoms with van der Waals surface area (Å²) in [6.07, 6.45) is 1.64. The molecule has 0 fully saturated rings. The molecule has 12 heavy (non-hydrogen) atoms. The molecule has 0 amide bonds. The zero-order chi connectivity index (χ0) is 8.97. The van der Waals surface area contributed by atoms with Gasteiger partial charge in [-0.3, -0.25) is 0 Å². The molecular formula is C7H7Br2NO2. The lowest BCUT2D eigenvalue weighted by atomic mass is 10.5. The quantitative estimate of drug-likeness (QED) is 0.927. The monoisotopic (exact) mass is 295 g/mol. The molecule has 0 aliphatic carbocycles. The number of hydrogen-bond donors (Lipinski definition) is 1. The number of nitrogens with zero attached hydrogens (tertiary/aromatic N) is 1. The van der Waals surface area contributed by atoms with Crippen LogP contribution in [0.25, 0.3) is 0 Å². The summed E-state index contributed by atoms with van der Waals surface area (Å²) in [5, 5.41) is 8.50. The summed E-state index contributed by atoms with van der Waals surface area (Å²) < 4.78 is 6.76. The van der Waals surface area contributed by atoms with Crippen molar-refractivity contribution in [3.05, 3.63) is 21.2 Å². The second kappa shape index (κ2) is 4.79. The summed E-state index contributed by atoms with van der Waals surface area (Å²) in [7, 11) is 0. The third-order valence-corrected chi connectivity index (χ3v) is 2.11. The van der Waals surface area contributed by atoms with Crippen molar-refractivity contribution in [3.8, 4) is 5.88 Å². The van der Waals surface area contributed by atoms with Gasteiger partial charge in [-0.15, -0.1) is 0 Å². The minimum atomic E-state index is -0.00974.